The number of ether oxygens (including phenoxy) is 1. The lowest BCUT2D eigenvalue weighted by molar-refractivity contribution is -0.121. The van der Waals surface area contributed by atoms with Gasteiger partial charge in [0.05, 0.1) is 25.5 Å². The van der Waals surface area contributed by atoms with E-state index in [9.17, 15) is 4.79 Å². The van der Waals surface area contributed by atoms with Gasteiger partial charge in [-0.3, -0.25) is 4.79 Å². The topological polar surface area (TPSA) is 54.7 Å². The van der Waals surface area contributed by atoms with E-state index >= 15 is 0 Å². The molecule has 0 bridgehead atoms. The average Bonchev–Trinajstić information content (AvgIpc) is 3.09. The van der Waals surface area contributed by atoms with E-state index in [1.54, 1.807) is 13.4 Å². The average molecular weight is 378 g/mol. The number of piperidine rings is 1. The summed E-state index contributed by atoms with van der Waals surface area (Å²) < 4.78 is 11.1. The van der Waals surface area contributed by atoms with Gasteiger partial charge < -0.3 is 19.4 Å². The predicted octanol–water partition coefficient (Wildman–Crippen LogP) is 4.08. The highest BCUT2D eigenvalue weighted by molar-refractivity contribution is 5.88. The quantitative estimate of drug-likeness (QED) is 0.727. The van der Waals surface area contributed by atoms with Gasteiger partial charge in [0.1, 0.15) is 11.3 Å². The Balaban J connectivity index is 1.41. The number of benzene rings is 2. The molecule has 1 N–H and O–H groups in total. The first-order valence-corrected chi connectivity index (χ1v) is 9.78. The summed E-state index contributed by atoms with van der Waals surface area (Å²) in [5.74, 6) is 0.907. The van der Waals surface area contributed by atoms with Crippen LogP contribution in [-0.2, 0) is 11.2 Å². The van der Waals surface area contributed by atoms with Crippen molar-refractivity contribution >= 4 is 22.6 Å². The highest BCUT2D eigenvalue weighted by Gasteiger charge is 2.23. The van der Waals surface area contributed by atoms with E-state index in [1.807, 2.05) is 43.3 Å². The van der Waals surface area contributed by atoms with Crippen LogP contribution in [-0.4, -0.2) is 32.1 Å². The van der Waals surface area contributed by atoms with Crippen molar-refractivity contribution in [3.05, 3.63) is 59.9 Å². The van der Waals surface area contributed by atoms with E-state index in [2.05, 4.69) is 16.3 Å². The smallest absolute Gasteiger partial charge is 0.224 e. The van der Waals surface area contributed by atoms with Gasteiger partial charge in [-0.1, -0.05) is 24.3 Å². The molecule has 2 heterocycles. The summed E-state index contributed by atoms with van der Waals surface area (Å²) in [7, 11) is 1.69. The largest absolute Gasteiger partial charge is 0.495 e. The molecule has 146 valence electrons. The molecular weight excluding hydrogens is 352 g/mol. The Morgan fingerprint density at radius 1 is 1.29 bits per heavy atom. The van der Waals surface area contributed by atoms with Crippen LogP contribution < -0.4 is 15.0 Å². The highest BCUT2D eigenvalue weighted by Crippen LogP contribution is 2.30. The van der Waals surface area contributed by atoms with Crippen molar-refractivity contribution in [3.63, 3.8) is 0 Å². The normalized spacial score (nSPS) is 16.9. The fraction of sp³-hybridized carbons (Fsp3) is 0.348. The maximum Gasteiger partial charge on any atom is 0.224 e. The van der Waals surface area contributed by atoms with Gasteiger partial charge in [0.25, 0.3) is 0 Å². The number of rotatable bonds is 5. The van der Waals surface area contributed by atoms with Gasteiger partial charge in [0, 0.05) is 30.1 Å². The standard InChI is InChI=1S/C23H26N2O3/c1-16-9-10-19-17(15-28-22(19)12-16)13-23(26)24-18-6-5-11-25(14-18)20-7-3-4-8-21(20)27-2/h3-4,7-10,12,15,18H,5-6,11,13-14H2,1-2H3,(H,24,26). The summed E-state index contributed by atoms with van der Waals surface area (Å²) in [6, 6.07) is 14.3. The molecule has 1 fully saturated rings. The number of hydrogen-bond donors (Lipinski definition) is 1. The fourth-order valence-corrected chi connectivity index (χ4v) is 3.98. The Bertz CT molecular complexity index is 979. The van der Waals surface area contributed by atoms with Crippen LogP contribution in [0.25, 0.3) is 11.0 Å². The minimum atomic E-state index is 0.0372. The molecule has 0 aliphatic carbocycles. The van der Waals surface area contributed by atoms with E-state index in [4.69, 9.17) is 9.15 Å². The SMILES string of the molecule is COc1ccccc1N1CCCC(NC(=O)Cc2coc3cc(C)ccc23)C1. The van der Waals surface area contributed by atoms with Gasteiger partial charge in [0.15, 0.2) is 0 Å². The van der Waals surface area contributed by atoms with Gasteiger partial charge in [-0.2, -0.15) is 0 Å². The number of nitrogens with zero attached hydrogens (tertiary/aromatic N) is 1. The molecule has 1 atom stereocenters. The molecule has 0 saturated carbocycles. The van der Waals surface area contributed by atoms with Crippen LogP contribution >= 0.6 is 0 Å². The van der Waals surface area contributed by atoms with Crippen LogP contribution in [0.1, 0.15) is 24.0 Å². The van der Waals surface area contributed by atoms with Crippen LogP contribution in [0.4, 0.5) is 5.69 Å². The fourth-order valence-electron chi connectivity index (χ4n) is 3.98. The summed E-state index contributed by atoms with van der Waals surface area (Å²) in [6.07, 6.45) is 4.06. The van der Waals surface area contributed by atoms with Crippen molar-refractivity contribution in [2.75, 3.05) is 25.1 Å². The van der Waals surface area contributed by atoms with Crippen molar-refractivity contribution in [1.29, 1.82) is 0 Å². The van der Waals surface area contributed by atoms with Crippen LogP contribution in [0.2, 0.25) is 0 Å². The molecule has 2 aromatic carbocycles. The van der Waals surface area contributed by atoms with Gasteiger partial charge >= 0.3 is 0 Å². The number of aryl methyl sites for hydroxylation is 1. The second kappa shape index (κ2) is 7.97. The zero-order chi connectivity index (χ0) is 19.5. The van der Waals surface area contributed by atoms with E-state index in [-0.39, 0.29) is 11.9 Å². The lowest BCUT2D eigenvalue weighted by Crippen LogP contribution is -2.48. The third kappa shape index (κ3) is 3.84. The molecule has 1 aliphatic rings. The van der Waals surface area contributed by atoms with Crippen molar-refractivity contribution < 1.29 is 13.9 Å². The highest BCUT2D eigenvalue weighted by atomic mass is 16.5. The minimum absolute atomic E-state index is 0.0372. The molecule has 0 spiro atoms. The number of para-hydroxylation sites is 2. The van der Waals surface area contributed by atoms with Crippen LogP contribution in [0.15, 0.2) is 53.1 Å². The van der Waals surface area contributed by atoms with E-state index < -0.39 is 0 Å². The summed E-state index contributed by atoms with van der Waals surface area (Å²) >= 11 is 0. The number of furan rings is 1. The zero-order valence-electron chi connectivity index (χ0n) is 16.4. The zero-order valence-corrected chi connectivity index (χ0v) is 16.4. The Kier molecular flexibility index (Phi) is 5.24. The second-order valence-electron chi connectivity index (χ2n) is 7.46. The molecule has 3 aromatic rings. The Labute approximate surface area is 165 Å². The molecule has 5 heteroatoms. The number of nitrogens with one attached hydrogen (secondary N) is 1. The number of amides is 1. The molecule has 1 aliphatic heterocycles. The number of fused-ring (bicyclic) bond motifs is 1. The van der Waals surface area contributed by atoms with E-state index in [0.29, 0.717) is 6.42 Å². The van der Waals surface area contributed by atoms with Crippen molar-refractivity contribution in [3.8, 4) is 5.75 Å². The first-order valence-electron chi connectivity index (χ1n) is 9.78. The summed E-state index contributed by atoms with van der Waals surface area (Å²) in [6.45, 7) is 3.79. The Morgan fingerprint density at radius 3 is 3.00 bits per heavy atom. The Morgan fingerprint density at radius 2 is 2.14 bits per heavy atom. The van der Waals surface area contributed by atoms with E-state index in [1.165, 1.54) is 0 Å². The van der Waals surface area contributed by atoms with Crippen molar-refractivity contribution in [2.24, 2.45) is 0 Å². The number of methoxy groups -OCH3 is 1. The maximum atomic E-state index is 12.7. The second-order valence-corrected chi connectivity index (χ2v) is 7.46. The first-order chi connectivity index (χ1) is 13.6. The summed E-state index contributed by atoms with van der Waals surface area (Å²) in [5.41, 5.74) is 4.00. The summed E-state index contributed by atoms with van der Waals surface area (Å²) in [5, 5.41) is 4.22. The van der Waals surface area contributed by atoms with Gasteiger partial charge in [0.2, 0.25) is 5.91 Å². The Hall–Kier alpha value is -2.95. The number of hydrogen-bond acceptors (Lipinski definition) is 4. The third-order valence-corrected chi connectivity index (χ3v) is 5.37. The molecule has 4 rings (SSSR count). The van der Waals surface area contributed by atoms with Crippen LogP contribution in [0, 0.1) is 6.92 Å². The molecule has 1 amide bonds. The minimum Gasteiger partial charge on any atom is -0.495 e. The maximum absolute atomic E-state index is 12.7. The van der Waals surface area contributed by atoms with Gasteiger partial charge in [-0.25, -0.2) is 0 Å². The molecule has 5 nitrogen and oxygen atoms in total. The van der Waals surface area contributed by atoms with Crippen molar-refractivity contribution in [1.82, 2.24) is 5.32 Å². The van der Waals surface area contributed by atoms with Crippen LogP contribution in [0.3, 0.4) is 0 Å². The molecule has 0 radical (unpaired) electrons. The molecule has 1 aromatic heterocycles. The summed E-state index contributed by atoms with van der Waals surface area (Å²) in [4.78, 5) is 15.0. The molecular formula is C23H26N2O3. The lowest BCUT2D eigenvalue weighted by atomic mass is 10.0. The predicted molar refractivity (Wildman–Crippen MR) is 111 cm³/mol. The third-order valence-electron chi connectivity index (χ3n) is 5.37. The molecule has 1 saturated heterocycles. The first kappa shape index (κ1) is 18.4. The van der Waals surface area contributed by atoms with Gasteiger partial charge in [-0.15, -0.1) is 0 Å². The molecule has 1 unspecified atom stereocenters. The lowest BCUT2D eigenvalue weighted by Gasteiger charge is -2.35. The monoisotopic (exact) mass is 378 g/mol. The number of anilines is 1. The number of carbonyl (C=O) groups excluding carboxylic acids is 1. The van der Waals surface area contributed by atoms with Crippen LogP contribution in [0.5, 0.6) is 5.75 Å². The van der Waals surface area contributed by atoms with Crippen molar-refractivity contribution in [2.45, 2.75) is 32.2 Å². The van der Waals surface area contributed by atoms with E-state index in [0.717, 1.165) is 59.5 Å². The molecule has 28 heavy (non-hydrogen) atoms. The number of carbonyl (C=O) groups is 1. The van der Waals surface area contributed by atoms with Gasteiger partial charge in [-0.05, 0) is 43.5 Å².